The highest BCUT2D eigenvalue weighted by atomic mass is 32.2. The van der Waals surface area contributed by atoms with E-state index in [-0.39, 0.29) is 17.0 Å². The summed E-state index contributed by atoms with van der Waals surface area (Å²) in [6, 6.07) is 4.77. The highest BCUT2D eigenvalue weighted by Crippen LogP contribution is 2.35. The van der Waals surface area contributed by atoms with Crippen LogP contribution in [0, 0.1) is 10.1 Å². The van der Waals surface area contributed by atoms with E-state index in [0.29, 0.717) is 30.6 Å². The minimum absolute atomic E-state index is 0.0867. The number of phenolic OH excluding ortho intramolecular Hbond substituents is 1. The molecule has 1 aliphatic heterocycles. The summed E-state index contributed by atoms with van der Waals surface area (Å²) >= 11 is 0. The predicted molar refractivity (Wildman–Crippen MR) is 84.0 cm³/mol. The van der Waals surface area contributed by atoms with E-state index < -0.39 is 26.2 Å². The molecule has 0 atom stereocenters. The van der Waals surface area contributed by atoms with Gasteiger partial charge in [0.1, 0.15) is 5.52 Å². The van der Waals surface area contributed by atoms with E-state index in [1.165, 1.54) is 12.3 Å². The van der Waals surface area contributed by atoms with Gasteiger partial charge in [-0.3, -0.25) is 20.0 Å². The van der Waals surface area contributed by atoms with E-state index in [9.17, 15) is 23.6 Å². The van der Waals surface area contributed by atoms with Gasteiger partial charge in [-0.1, -0.05) is 6.07 Å². The third-order valence-electron chi connectivity index (χ3n) is 3.96. The summed E-state index contributed by atoms with van der Waals surface area (Å²) < 4.78 is 23.0. The number of aromatic hydroxyl groups is 1. The molecule has 23 heavy (non-hydrogen) atoms. The van der Waals surface area contributed by atoms with Crippen molar-refractivity contribution in [2.75, 3.05) is 24.6 Å². The number of pyridine rings is 1. The Morgan fingerprint density at radius 1 is 1.35 bits per heavy atom. The van der Waals surface area contributed by atoms with Crippen molar-refractivity contribution < 1.29 is 18.4 Å². The molecule has 2 heterocycles. The van der Waals surface area contributed by atoms with E-state index in [2.05, 4.69) is 4.98 Å². The minimum Gasteiger partial charge on any atom is -0.501 e. The van der Waals surface area contributed by atoms with E-state index in [1.807, 2.05) is 4.90 Å². The lowest BCUT2D eigenvalue weighted by Gasteiger charge is -2.26. The summed E-state index contributed by atoms with van der Waals surface area (Å²) in [5, 5.41) is 21.8. The van der Waals surface area contributed by atoms with E-state index in [1.54, 1.807) is 12.1 Å². The van der Waals surface area contributed by atoms with Crippen LogP contribution in [-0.2, 0) is 16.4 Å². The summed E-state index contributed by atoms with van der Waals surface area (Å²) in [6.45, 7) is 1.15. The molecule has 1 N–H and O–H groups in total. The molecule has 0 amide bonds. The zero-order valence-corrected chi connectivity index (χ0v) is 13.0. The Morgan fingerprint density at radius 2 is 2.04 bits per heavy atom. The van der Waals surface area contributed by atoms with Crippen molar-refractivity contribution in [3.8, 4) is 5.75 Å². The molecule has 0 bridgehead atoms. The van der Waals surface area contributed by atoms with E-state index in [4.69, 9.17) is 0 Å². The smallest absolute Gasteiger partial charge is 0.313 e. The van der Waals surface area contributed by atoms with Crippen molar-refractivity contribution >= 4 is 26.4 Å². The molecule has 1 saturated heterocycles. The summed E-state index contributed by atoms with van der Waals surface area (Å²) in [5.41, 5.74) is 0.439. The Bertz CT molecular complexity index is 867. The molecule has 1 fully saturated rings. The predicted octanol–water partition coefficient (Wildman–Crippen LogP) is 1.08. The maximum absolute atomic E-state index is 11.5. The molecule has 3 rings (SSSR count). The van der Waals surface area contributed by atoms with Gasteiger partial charge in [-0.05, 0) is 11.6 Å². The second-order valence-corrected chi connectivity index (χ2v) is 7.79. The fourth-order valence-corrected chi connectivity index (χ4v) is 3.98. The zero-order valence-electron chi connectivity index (χ0n) is 12.2. The number of fused-ring (bicyclic) bond motifs is 1. The van der Waals surface area contributed by atoms with E-state index in [0.717, 1.165) is 0 Å². The minimum atomic E-state index is -2.98. The molecule has 0 unspecified atom stereocenters. The average molecular weight is 337 g/mol. The second kappa shape index (κ2) is 5.74. The fourth-order valence-electron chi connectivity index (χ4n) is 2.70. The van der Waals surface area contributed by atoms with Gasteiger partial charge in [-0.2, -0.15) is 0 Å². The van der Waals surface area contributed by atoms with Crippen LogP contribution in [0.1, 0.15) is 5.56 Å². The number of hydrogen-bond acceptors (Lipinski definition) is 7. The van der Waals surface area contributed by atoms with Crippen LogP contribution < -0.4 is 0 Å². The maximum Gasteiger partial charge on any atom is 0.313 e. The van der Waals surface area contributed by atoms with Gasteiger partial charge >= 0.3 is 5.69 Å². The third kappa shape index (κ3) is 3.10. The summed E-state index contributed by atoms with van der Waals surface area (Å²) in [7, 11) is -2.98. The number of rotatable bonds is 3. The Hall–Kier alpha value is -2.26. The van der Waals surface area contributed by atoms with Gasteiger partial charge in [0.25, 0.3) is 0 Å². The number of nitro groups is 1. The molecule has 2 aromatic rings. The molecule has 8 nitrogen and oxygen atoms in total. The number of aromatic nitrogens is 1. The molecule has 0 spiro atoms. The molecule has 1 aliphatic rings. The quantitative estimate of drug-likeness (QED) is 0.658. The van der Waals surface area contributed by atoms with Crippen molar-refractivity contribution in [1.29, 1.82) is 0 Å². The van der Waals surface area contributed by atoms with Crippen LogP contribution in [0.15, 0.2) is 24.4 Å². The normalized spacial score (nSPS) is 18.1. The number of hydrogen-bond donors (Lipinski definition) is 1. The molecule has 1 aromatic heterocycles. The van der Waals surface area contributed by atoms with Crippen molar-refractivity contribution in [1.82, 2.24) is 9.88 Å². The molecule has 9 heteroatoms. The lowest BCUT2D eigenvalue weighted by atomic mass is 10.1. The average Bonchev–Trinajstić information content (AvgIpc) is 2.51. The van der Waals surface area contributed by atoms with Gasteiger partial charge in [0.05, 0.1) is 16.4 Å². The van der Waals surface area contributed by atoms with Crippen LogP contribution in [0.3, 0.4) is 0 Å². The lowest BCUT2D eigenvalue weighted by Crippen LogP contribution is -2.39. The van der Waals surface area contributed by atoms with Gasteiger partial charge in [-0.25, -0.2) is 8.42 Å². The summed E-state index contributed by atoms with van der Waals surface area (Å²) in [6.07, 6.45) is 1.46. The Morgan fingerprint density at radius 3 is 2.70 bits per heavy atom. The van der Waals surface area contributed by atoms with Gasteiger partial charge in [0, 0.05) is 37.3 Å². The molecule has 1 aromatic carbocycles. The lowest BCUT2D eigenvalue weighted by molar-refractivity contribution is -0.385. The van der Waals surface area contributed by atoms with Crippen molar-refractivity contribution in [2.24, 2.45) is 0 Å². The van der Waals surface area contributed by atoms with Crippen LogP contribution in [0.2, 0.25) is 0 Å². The van der Waals surface area contributed by atoms with Crippen LogP contribution in [0.25, 0.3) is 10.9 Å². The Balaban J connectivity index is 2.00. The SMILES string of the molecule is O=[N+]([O-])c1cc(CN2CCS(=O)(=O)CC2)c2cccnc2c1O. The fraction of sp³-hybridized carbons (Fsp3) is 0.357. The number of nitro benzene ring substituents is 1. The van der Waals surface area contributed by atoms with Crippen LogP contribution in [0.4, 0.5) is 5.69 Å². The molecule has 0 saturated carbocycles. The first-order chi connectivity index (χ1) is 10.9. The van der Waals surface area contributed by atoms with Crippen LogP contribution in [0.5, 0.6) is 5.75 Å². The third-order valence-corrected chi connectivity index (χ3v) is 5.57. The Kier molecular flexibility index (Phi) is 3.90. The molecular weight excluding hydrogens is 322 g/mol. The topological polar surface area (TPSA) is 114 Å². The van der Waals surface area contributed by atoms with E-state index >= 15 is 0 Å². The first kappa shape index (κ1) is 15.6. The zero-order chi connectivity index (χ0) is 16.6. The second-order valence-electron chi connectivity index (χ2n) is 5.49. The highest BCUT2D eigenvalue weighted by molar-refractivity contribution is 7.91. The largest absolute Gasteiger partial charge is 0.501 e. The number of phenols is 1. The first-order valence-corrected chi connectivity index (χ1v) is 8.86. The monoisotopic (exact) mass is 337 g/mol. The number of nitrogens with zero attached hydrogens (tertiary/aromatic N) is 3. The van der Waals surface area contributed by atoms with Gasteiger partial charge in [-0.15, -0.1) is 0 Å². The van der Waals surface area contributed by atoms with Gasteiger partial charge in [0.15, 0.2) is 9.84 Å². The van der Waals surface area contributed by atoms with Gasteiger partial charge < -0.3 is 5.11 Å². The van der Waals surface area contributed by atoms with Crippen molar-refractivity contribution in [3.05, 3.63) is 40.1 Å². The number of sulfone groups is 1. The maximum atomic E-state index is 11.5. The first-order valence-electron chi connectivity index (χ1n) is 7.04. The standard InChI is InChI=1S/C14H15N3O5S/c18-14-12(17(19)20)8-10(11-2-1-3-15-13(11)14)9-16-4-6-23(21,22)7-5-16/h1-3,8,18H,4-7,9H2. The summed E-state index contributed by atoms with van der Waals surface area (Å²) in [4.78, 5) is 16.4. The van der Waals surface area contributed by atoms with Crippen LogP contribution >= 0.6 is 0 Å². The molecule has 0 aliphatic carbocycles. The number of benzene rings is 1. The summed E-state index contributed by atoms with van der Waals surface area (Å²) in [5.74, 6) is -0.275. The van der Waals surface area contributed by atoms with Crippen LogP contribution in [-0.4, -0.2) is 52.9 Å². The molecule has 122 valence electrons. The van der Waals surface area contributed by atoms with Crippen molar-refractivity contribution in [2.45, 2.75) is 6.54 Å². The van der Waals surface area contributed by atoms with Gasteiger partial charge in [0.2, 0.25) is 5.75 Å². The van der Waals surface area contributed by atoms with Crippen molar-refractivity contribution in [3.63, 3.8) is 0 Å². The molecule has 0 radical (unpaired) electrons. The Labute approximate surface area is 132 Å². The highest BCUT2D eigenvalue weighted by Gasteiger charge is 2.25. The molecular formula is C14H15N3O5S.